The van der Waals surface area contributed by atoms with E-state index in [4.69, 9.17) is 5.11 Å². The highest BCUT2D eigenvalue weighted by Crippen LogP contribution is 1.62. The lowest BCUT2D eigenvalue weighted by Gasteiger charge is -1.43. The highest BCUT2D eigenvalue weighted by molar-refractivity contribution is 7.23. The van der Waals surface area contributed by atoms with Gasteiger partial charge in [-0.2, -0.15) is 0 Å². The second kappa shape index (κ2) is 2.79. The van der Waals surface area contributed by atoms with Crippen molar-refractivity contribution in [1.29, 1.82) is 0 Å². The molecule has 2 heteroatoms. The minimum atomic E-state index is 1.64. The third-order valence-corrected chi connectivity index (χ3v) is 0.194. The van der Waals surface area contributed by atoms with E-state index in [2.05, 4.69) is 5.66 Å². The molecule has 0 bridgehead atoms. The van der Waals surface area contributed by atoms with Crippen molar-refractivity contribution in [3.05, 3.63) is 0 Å². The van der Waals surface area contributed by atoms with Crippen molar-refractivity contribution in [3.8, 4) is 11.8 Å². The molecule has 0 aromatic rings. The number of aliphatic hydroxyl groups excluding tert-OH is 1. The Kier molecular flexibility index (Phi) is 2.64. The van der Waals surface area contributed by atoms with E-state index >= 15 is 0 Å². The molecule has 0 aliphatic heterocycles. The van der Waals surface area contributed by atoms with Crippen LogP contribution in [0.5, 0.6) is 0 Å². The second-order valence-electron chi connectivity index (χ2n) is 0.256. The highest BCUT2D eigenvalue weighted by atomic mass is 31.0. The molecule has 0 fully saturated rings. The lowest BCUT2D eigenvalue weighted by atomic mass is 11.3. The van der Waals surface area contributed by atoms with Gasteiger partial charge in [-0.15, -0.1) is 0 Å². The van der Waals surface area contributed by atoms with Crippen molar-refractivity contribution < 1.29 is 5.11 Å². The predicted molar refractivity (Wildman–Crippen MR) is 19.4 cm³/mol. The highest BCUT2D eigenvalue weighted by Gasteiger charge is 1.28. The van der Waals surface area contributed by atoms with Gasteiger partial charge in [0.15, 0.2) is 0 Å². The van der Waals surface area contributed by atoms with E-state index in [1.165, 1.54) is 0 Å². The lowest BCUT2D eigenvalue weighted by Crippen LogP contribution is -1.33. The van der Waals surface area contributed by atoms with Crippen LogP contribution >= 0.6 is 9.24 Å². The van der Waals surface area contributed by atoms with Crippen molar-refractivity contribution >= 4 is 9.24 Å². The molecule has 0 spiro atoms. The summed E-state index contributed by atoms with van der Waals surface area (Å²) in [5.74, 6) is 0. The topological polar surface area (TPSA) is 20.2 Å². The van der Waals surface area contributed by atoms with E-state index in [-0.39, 0.29) is 0 Å². The summed E-state index contributed by atoms with van der Waals surface area (Å²) < 4.78 is 0. The van der Waals surface area contributed by atoms with Crippen LogP contribution in [-0.4, -0.2) is 5.11 Å². The van der Waals surface area contributed by atoms with E-state index in [0.29, 0.717) is 0 Å². The van der Waals surface area contributed by atoms with Gasteiger partial charge in [-0.1, -0.05) is 9.24 Å². The Morgan fingerprint density at radius 1 is 1.75 bits per heavy atom. The third-order valence-electron chi connectivity index (χ3n) is 0.0645. The first-order valence-electron chi connectivity index (χ1n) is 0.762. The van der Waals surface area contributed by atoms with Crippen LogP contribution in [0.4, 0.5) is 0 Å². The maximum atomic E-state index is 7.49. The van der Waals surface area contributed by atoms with Crippen LogP contribution < -0.4 is 0 Å². The zero-order valence-corrected chi connectivity index (χ0v) is 3.18. The Labute approximate surface area is 27.2 Å². The average Bonchev–Trinajstić information content (AvgIpc) is 1.37. The fourth-order valence-electron chi connectivity index (χ4n) is 0. The van der Waals surface area contributed by atoms with Gasteiger partial charge in [0.1, 0.15) is 6.11 Å². The van der Waals surface area contributed by atoms with E-state index in [9.17, 15) is 0 Å². The fourth-order valence-corrected chi connectivity index (χ4v) is 0. The summed E-state index contributed by atoms with van der Waals surface area (Å²) >= 11 is 0. The maximum Gasteiger partial charge on any atom is 0.111 e. The van der Waals surface area contributed by atoms with E-state index in [0.717, 1.165) is 0 Å². The SMILES string of the molecule is OC#CP. The van der Waals surface area contributed by atoms with Gasteiger partial charge < -0.3 is 5.11 Å². The zero-order valence-electron chi connectivity index (χ0n) is 2.02. The number of hydrogen-bond acceptors (Lipinski definition) is 1. The second-order valence-corrected chi connectivity index (χ2v) is 0.545. The number of hydrogen-bond donors (Lipinski definition) is 1. The normalized spacial score (nSPS) is 3.25. The molecular weight excluding hydrogens is 71.0 g/mol. The minimum Gasteiger partial charge on any atom is -0.462 e. The quantitative estimate of drug-likeness (QED) is 0.320. The number of aliphatic hydroxyl groups is 1. The van der Waals surface area contributed by atoms with Crippen molar-refractivity contribution in [3.63, 3.8) is 0 Å². The first-order chi connectivity index (χ1) is 1.91. The predicted octanol–water partition coefficient (Wildman–Crippen LogP) is 0.152. The maximum absolute atomic E-state index is 7.49. The van der Waals surface area contributed by atoms with Crippen molar-refractivity contribution in [1.82, 2.24) is 0 Å². The Morgan fingerprint density at radius 3 is 2.00 bits per heavy atom. The first-order valence-corrected chi connectivity index (χ1v) is 1.34. The van der Waals surface area contributed by atoms with Gasteiger partial charge in [0.25, 0.3) is 0 Å². The lowest BCUT2D eigenvalue weighted by molar-refractivity contribution is 0.518. The summed E-state index contributed by atoms with van der Waals surface area (Å²) in [6.07, 6.45) is 1.64. The summed E-state index contributed by atoms with van der Waals surface area (Å²) in [5, 5.41) is 7.49. The summed E-state index contributed by atoms with van der Waals surface area (Å²) in [7, 11) is 2.04. The van der Waals surface area contributed by atoms with Crippen LogP contribution in [0.15, 0.2) is 0 Å². The van der Waals surface area contributed by atoms with Crippen molar-refractivity contribution in [2.24, 2.45) is 0 Å². The van der Waals surface area contributed by atoms with Gasteiger partial charge in [-0.05, 0) is 5.66 Å². The molecule has 0 amide bonds. The van der Waals surface area contributed by atoms with Crippen LogP contribution in [-0.2, 0) is 0 Å². The summed E-state index contributed by atoms with van der Waals surface area (Å²) in [6.45, 7) is 0. The molecule has 0 aliphatic rings. The summed E-state index contributed by atoms with van der Waals surface area (Å²) in [6, 6.07) is 0. The molecule has 0 radical (unpaired) electrons. The zero-order chi connectivity index (χ0) is 3.41. The molecule has 0 aromatic heterocycles. The monoisotopic (exact) mass is 74.0 g/mol. The molecule has 0 heterocycles. The molecule has 1 nitrogen and oxygen atoms in total. The largest absolute Gasteiger partial charge is 0.462 e. The molecule has 1 unspecified atom stereocenters. The van der Waals surface area contributed by atoms with E-state index < -0.39 is 0 Å². The van der Waals surface area contributed by atoms with Gasteiger partial charge in [-0.3, -0.25) is 0 Å². The van der Waals surface area contributed by atoms with Crippen molar-refractivity contribution in [2.45, 2.75) is 0 Å². The standard InChI is InChI=1S/C2H3OP/c3-1-2-4/h3H,4H2. The van der Waals surface area contributed by atoms with Gasteiger partial charge in [-0.25, -0.2) is 0 Å². The van der Waals surface area contributed by atoms with Crippen LogP contribution in [0.2, 0.25) is 0 Å². The Morgan fingerprint density at radius 2 is 2.00 bits per heavy atom. The van der Waals surface area contributed by atoms with Gasteiger partial charge in [0, 0.05) is 0 Å². The first kappa shape index (κ1) is 3.79. The van der Waals surface area contributed by atoms with E-state index in [1.54, 1.807) is 6.11 Å². The molecule has 0 saturated heterocycles. The average molecular weight is 74.0 g/mol. The van der Waals surface area contributed by atoms with Crippen LogP contribution in [0.1, 0.15) is 0 Å². The van der Waals surface area contributed by atoms with Crippen LogP contribution in [0.3, 0.4) is 0 Å². The molecule has 0 aliphatic carbocycles. The Balaban J connectivity index is 2.83. The molecule has 1 N–H and O–H groups in total. The molecule has 0 saturated carbocycles. The summed E-state index contributed by atoms with van der Waals surface area (Å²) in [4.78, 5) is 0. The van der Waals surface area contributed by atoms with Gasteiger partial charge >= 0.3 is 0 Å². The third kappa shape index (κ3) is 1.79. The molecule has 0 rings (SSSR count). The number of rotatable bonds is 0. The van der Waals surface area contributed by atoms with Crippen molar-refractivity contribution in [2.75, 3.05) is 0 Å². The van der Waals surface area contributed by atoms with E-state index in [1.807, 2.05) is 9.24 Å². The molecule has 22 valence electrons. The van der Waals surface area contributed by atoms with Gasteiger partial charge in [0.05, 0.1) is 0 Å². The Bertz CT molecular complexity index is 42.8. The molecular formula is C2H3OP. The molecule has 0 aromatic carbocycles. The van der Waals surface area contributed by atoms with Crippen LogP contribution in [0, 0.1) is 11.8 Å². The van der Waals surface area contributed by atoms with Gasteiger partial charge in [0.2, 0.25) is 0 Å². The fraction of sp³-hybridized carbons (Fsp3) is 0. The molecule has 1 atom stereocenters. The summed E-state index contributed by atoms with van der Waals surface area (Å²) in [5.41, 5.74) is 2.15. The molecule has 4 heavy (non-hydrogen) atoms. The Hall–Kier alpha value is -0.210. The smallest absolute Gasteiger partial charge is 0.111 e. The minimum absolute atomic E-state index is 1.64. The van der Waals surface area contributed by atoms with Crippen LogP contribution in [0.25, 0.3) is 0 Å².